The van der Waals surface area contributed by atoms with Crippen LogP contribution in [0.4, 0.5) is 4.39 Å². The van der Waals surface area contributed by atoms with E-state index in [-0.39, 0.29) is 11.9 Å². The Bertz CT molecular complexity index is 348. The molecular formula is C14H21FN2. The number of halogens is 1. The van der Waals surface area contributed by atoms with E-state index in [1.165, 1.54) is 38.3 Å². The Morgan fingerprint density at radius 2 is 2.12 bits per heavy atom. The second-order valence-electron chi connectivity index (χ2n) is 5.07. The van der Waals surface area contributed by atoms with E-state index < -0.39 is 0 Å². The van der Waals surface area contributed by atoms with Gasteiger partial charge in [0.25, 0.3) is 0 Å². The molecule has 0 amide bonds. The molecule has 17 heavy (non-hydrogen) atoms. The van der Waals surface area contributed by atoms with Crippen LogP contribution in [0.1, 0.15) is 50.6 Å². The summed E-state index contributed by atoms with van der Waals surface area (Å²) in [5, 5.41) is 3.49. The minimum Gasteiger partial charge on any atom is -0.310 e. The maximum absolute atomic E-state index is 13.0. The third-order valence-electron chi connectivity index (χ3n) is 3.66. The van der Waals surface area contributed by atoms with E-state index in [1.807, 2.05) is 0 Å². The summed E-state index contributed by atoms with van der Waals surface area (Å²) in [4.78, 5) is 3.89. The zero-order valence-electron chi connectivity index (χ0n) is 10.5. The predicted octanol–water partition coefficient (Wildman–Crippen LogP) is 3.45. The highest BCUT2D eigenvalue weighted by molar-refractivity contribution is 5.14. The number of hydrogen-bond donors (Lipinski definition) is 1. The van der Waals surface area contributed by atoms with Crippen LogP contribution >= 0.6 is 0 Å². The zero-order chi connectivity index (χ0) is 12.1. The molecule has 0 saturated heterocycles. The van der Waals surface area contributed by atoms with Gasteiger partial charge < -0.3 is 5.32 Å². The van der Waals surface area contributed by atoms with Crippen molar-refractivity contribution in [3.05, 3.63) is 29.8 Å². The molecule has 0 aromatic carbocycles. The lowest BCUT2D eigenvalue weighted by molar-refractivity contribution is 0.331. The Morgan fingerprint density at radius 1 is 1.35 bits per heavy atom. The fourth-order valence-corrected chi connectivity index (χ4v) is 2.52. The molecule has 1 heterocycles. The Morgan fingerprint density at radius 3 is 2.82 bits per heavy atom. The SMILES string of the molecule is CC(NCC1CCCCC1)c1cncc(F)c1. The number of aromatic nitrogens is 1. The van der Waals surface area contributed by atoms with Crippen molar-refractivity contribution in [1.29, 1.82) is 0 Å². The Balaban J connectivity index is 1.82. The molecule has 0 radical (unpaired) electrons. The van der Waals surface area contributed by atoms with Crippen LogP contribution < -0.4 is 5.32 Å². The average molecular weight is 236 g/mol. The van der Waals surface area contributed by atoms with E-state index in [4.69, 9.17) is 0 Å². The average Bonchev–Trinajstić information content (AvgIpc) is 2.37. The summed E-state index contributed by atoms with van der Waals surface area (Å²) < 4.78 is 13.0. The highest BCUT2D eigenvalue weighted by Gasteiger charge is 2.14. The minimum absolute atomic E-state index is 0.181. The first-order valence-corrected chi connectivity index (χ1v) is 6.59. The van der Waals surface area contributed by atoms with Crippen molar-refractivity contribution < 1.29 is 4.39 Å². The Kier molecular flexibility index (Phi) is 4.49. The first kappa shape index (κ1) is 12.5. The second kappa shape index (κ2) is 6.10. The molecule has 0 aliphatic heterocycles. The molecule has 1 atom stereocenters. The smallest absolute Gasteiger partial charge is 0.141 e. The maximum atomic E-state index is 13.0. The van der Waals surface area contributed by atoms with Crippen molar-refractivity contribution in [3.63, 3.8) is 0 Å². The van der Waals surface area contributed by atoms with Gasteiger partial charge in [0.1, 0.15) is 5.82 Å². The van der Waals surface area contributed by atoms with Gasteiger partial charge in [-0.1, -0.05) is 19.3 Å². The number of pyridine rings is 1. The van der Waals surface area contributed by atoms with Crippen molar-refractivity contribution >= 4 is 0 Å². The largest absolute Gasteiger partial charge is 0.310 e. The van der Waals surface area contributed by atoms with Crippen LogP contribution in [0.5, 0.6) is 0 Å². The van der Waals surface area contributed by atoms with Crippen molar-refractivity contribution in [2.45, 2.75) is 45.1 Å². The predicted molar refractivity (Wildman–Crippen MR) is 67.2 cm³/mol. The number of nitrogens with one attached hydrogen (secondary N) is 1. The number of hydrogen-bond acceptors (Lipinski definition) is 2. The van der Waals surface area contributed by atoms with E-state index in [1.54, 1.807) is 12.3 Å². The first-order valence-electron chi connectivity index (χ1n) is 6.59. The molecule has 3 heteroatoms. The first-order chi connectivity index (χ1) is 8.25. The van der Waals surface area contributed by atoms with E-state index in [2.05, 4.69) is 17.2 Å². The van der Waals surface area contributed by atoms with Crippen molar-refractivity contribution in [3.8, 4) is 0 Å². The minimum atomic E-state index is -0.256. The van der Waals surface area contributed by atoms with E-state index >= 15 is 0 Å². The molecular weight excluding hydrogens is 215 g/mol. The van der Waals surface area contributed by atoms with Gasteiger partial charge in [-0.2, -0.15) is 0 Å². The van der Waals surface area contributed by atoms with Crippen LogP contribution in [0.3, 0.4) is 0 Å². The lowest BCUT2D eigenvalue weighted by Gasteiger charge is -2.24. The Hall–Kier alpha value is -0.960. The van der Waals surface area contributed by atoms with Crippen LogP contribution in [0.25, 0.3) is 0 Å². The quantitative estimate of drug-likeness (QED) is 0.866. The normalized spacial score (nSPS) is 19.2. The molecule has 2 nitrogen and oxygen atoms in total. The van der Waals surface area contributed by atoms with Gasteiger partial charge in [0.2, 0.25) is 0 Å². The summed E-state index contributed by atoms with van der Waals surface area (Å²) in [5.74, 6) is 0.543. The van der Waals surface area contributed by atoms with Gasteiger partial charge in [0, 0.05) is 12.2 Å². The van der Waals surface area contributed by atoms with E-state index in [0.717, 1.165) is 18.0 Å². The van der Waals surface area contributed by atoms with Gasteiger partial charge in [-0.25, -0.2) is 4.39 Å². The van der Waals surface area contributed by atoms with Crippen LogP contribution in [-0.4, -0.2) is 11.5 Å². The van der Waals surface area contributed by atoms with Gasteiger partial charge in [-0.15, -0.1) is 0 Å². The zero-order valence-corrected chi connectivity index (χ0v) is 10.5. The maximum Gasteiger partial charge on any atom is 0.141 e. The fraction of sp³-hybridized carbons (Fsp3) is 0.643. The summed E-state index contributed by atoms with van der Waals surface area (Å²) in [5.41, 5.74) is 0.931. The number of nitrogens with zero attached hydrogens (tertiary/aromatic N) is 1. The van der Waals surface area contributed by atoms with Crippen LogP contribution in [0.15, 0.2) is 18.5 Å². The molecule has 1 aromatic rings. The summed E-state index contributed by atoms with van der Waals surface area (Å²) in [6, 6.07) is 1.74. The van der Waals surface area contributed by atoms with Crippen molar-refractivity contribution in [2.75, 3.05) is 6.54 Å². The Labute approximate surface area is 103 Å². The van der Waals surface area contributed by atoms with Crippen molar-refractivity contribution in [1.82, 2.24) is 10.3 Å². The lowest BCUT2D eigenvalue weighted by atomic mass is 9.89. The molecule has 1 aliphatic carbocycles. The van der Waals surface area contributed by atoms with E-state index in [0.29, 0.717) is 0 Å². The van der Waals surface area contributed by atoms with Crippen LogP contribution in [0, 0.1) is 11.7 Å². The van der Waals surface area contributed by atoms with Gasteiger partial charge >= 0.3 is 0 Å². The third kappa shape index (κ3) is 3.77. The highest BCUT2D eigenvalue weighted by Crippen LogP contribution is 2.23. The summed E-state index contributed by atoms with van der Waals surface area (Å²) in [6.45, 7) is 3.11. The summed E-state index contributed by atoms with van der Waals surface area (Å²) in [7, 11) is 0. The lowest BCUT2D eigenvalue weighted by Crippen LogP contribution is -2.27. The third-order valence-corrected chi connectivity index (χ3v) is 3.66. The van der Waals surface area contributed by atoms with Gasteiger partial charge in [-0.3, -0.25) is 4.98 Å². The molecule has 94 valence electrons. The molecule has 1 aromatic heterocycles. The molecule has 1 unspecified atom stereocenters. The summed E-state index contributed by atoms with van der Waals surface area (Å²) in [6.07, 6.45) is 9.77. The molecule has 1 N–H and O–H groups in total. The number of rotatable bonds is 4. The van der Waals surface area contributed by atoms with Crippen LogP contribution in [-0.2, 0) is 0 Å². The van der Waals surface area contributed by atoms with Gasteiger partial charge in [0.15, 0.2) is 0 Å². The van der Waals surface area contributed by atoms with Gasteiger partial charge in [0.05, 0.1) is 6.20 Å². The molecule has 1 saturated carbocycles. The molecule has 0 bridgehead atoms. The monoisotopic (exact) mass is 236 g/mol. The molecule has 0 spiro atoms. The highest BCUT2D eigenvalue weighted by atomic mass is 19.1. The standard InChI is InChI=1S/C14H21FN2/c1-11(13-7-14(15)10-16-9-13)17-8-12-5-3-2-4-6-12/h7,9-12,17H,2-6,8H2,1H3. The van der Waals surface area contributed by atoms with Crippen molar-refractivity contribution in [2.24, 2.45) is 5.92 Å². The van der Waals surface area contributed by atoms with Gasteiger partial charge in [-0.05, 0) is 43.9 Å². The molecule has 1 aliphatic rings. The molecule has 2 rings (SSSR count). The molecule has 1 fully saturated rings. The second-order valence-corrected chi connectivity index (χ2v) is 5.07. The fourth-order valence-electron chi connectivity index (χ4n) is 2.52. The van der Waals surface area contributed by atoms with E-state index in [9.17, 15) is 4.39 Å². The topological polar surface area (TPSA) is 24.9 Å². The summed E-state index contributed by atoms with van der Waals surface area (Å²) >= 11 is 0. The van der Waals surface area contributed by atoms with Crippen LogP contribution in [0.2, 0.25) is 0 Å².